The molecule has 76 valence electrons. The van der Waals surface area contributed by atoms with Crippen LogP contribution in [0.3, 0.4) is 0 Å². The highest BCUT2D eigenvalue weighted by molar-refractivity contribution is 5.44. The van der Waals surface area contributed by atoms with Gasteiger partial charge in [-0.2, -0.15) is 0 Å². The minimum absolute atomic E-state index is 0.271. The first-order chi connectivity index (χ1) is 6.77. The van der Waals surface area contributed by atoms with Gasteiger partial charge in [0.1, 0.15) is 5.75 Å². The maximum absolute atomic E-state index is 5.74. The third-order valence-corrected chi connectivity index (χ3v) is 2.66. The summed E-state index contributed by atoms with van der Waals surface area (Å²) in [6.07, 6.45) is 3.11. The van der Waals surface area contributed by atoms with E-state index in [1.54, 1.807) is 0 Å². The van der Waals surface area contributed by atoms with Crippen LogP contribution in [-0.2, 0) is 12.8 Å². The maximum atomic E-state index is 5.74. The van der Waals surface area contributed by atoms with Gasteiger partial charge in [-0.3, -0.25) is 0 Å². The van der Waals surface area contributed by atoms with Gasteiger partial charge in [-0.25, -0.2) is 0 Å². The van der Waals surface area contributed by atoms with Crippen LogP contribution in [0.25, 0.3) is 0 Å². The molecule has 2 N–H and O–H groups in total. The van der Waals surface area contributed by atoms with E-state index in [9.17, 15) is 0 Å². The van der Waals surface area contributed by atoms with Crippen LogP contribution in [0.5, 0.6) is 5.75 Å². The Morgan fingerprint density at radius 3 is 3.14 bits per heavy atom. The van der Waals surface area contributed by atoms with Crippen molar-refractivity contribution in [1.82, 2.24) is 0 Å². The van der Waals surface area contributed by atoms with Crippen LogP contribution < -0.4 is 10.5 Å². The molecule has 1 aliphatic heterocycles. The summed E-state index contributed by atoms with van der Waals surface area (Å²) in [6.45, 7) is 2.88. The Hall–Kier alpha value is -1.02. The Bertz CT molecular complexity index is 320. The van der Waals surface area contributed by atoms with Gasteiger partial charge in [-0.1, -0.05) is 18.2 Å². The molecule has 1 aromatic rings. The SMILES string of the molecule is CC(N)CCc1cccc2c1OCC2. The smallest absolute Gasteiger partial charge is 0.125 e. The van der Waals surface area contributed by atoms with Gasteiger partial charge in [0.25, 0.3) is 0 Å². The Balaban J connectivity index is 2.14. The Morgan fingerprint density at radius 2 is 2.36 bits per heavy atom. The number of hydrogen-bond acceptors (Lipinski definition) is 2. The highest BCUT2D eigenvalue weighted by Crippen LogP contribution is 2.30. The van der Waals surface area contributed by atoms with Crippen LogP contribution in [0.2, 0.25) is 0 Å². The molecule has 1 aliphatic rings. The molecule has 0 aliphatic carbocycles. The molecule has 0 radical (unpaired) electrons. The van der Waals surface area contributed by atoms with Crippen molar-refractivity contribution < 1.29 is 4.74 Å². The molecule has 0 aromatic heterocycles. The van der Waals surface area contributed by atoms with Crippen molar-refractivity contribution >= 4 is 0 Å². The van der Waals surface area contributed by atoms with Gasteiger partial charge in [0.05, 0.1) is 6.61 Å². The summed E-state index contributed by atoms with van der Waals surface area (Å²) < 4.78 is 5.62. The second-order valence-corrected chi connectivity index (χ2v) is 4.02. The largest absolute Gasteiger partial charge is 0.493 e. The highest BCUT2D eigenvalue weighted by atomic mass is 16.5. The molecule has 1 heterocycles. The van der Waals surface area contributed by atoms with Gasteiger partial charge >= 0.3 is 0 Å². The average Bonchev–Trinajstić information content (AvgIpc) is 2.62. The predicted octanol–water partition coefficient (Wildman–Crippen LogP) is 1.90. The number of nitrogens with two attached hydrogens (primary N) is 1. The first kappa shape index (κ1) is 9.53. The second kappa shape index (κ2) is 4.01. The molecule has 0 bridgehead atoms. The predicted molar refractivity (Wildman–Crippen MR) is 57.6 cm³/mol. The van der Waals surface area contributed by atoms with Crippen molar-refractivity contribution in [2.24, 2.45) is 5.73 Å². The average molecular weight is 191 g/mol. The summed E-state index contributed by atoms with van der Waals surface area (Å²) in [5.41, 5.74) is 8.42. The Labute approximate surface area is 85.1 Å². The minimum Gasteiger partial charge on any atom is -0.493 e. The molecular weight excluding hydrogens is 174 g/mol. The van der Waals surface area contributed by atoms with Gasteiger partial charge in [-0.15, -0.1) is 0 Å². The lowest BCUT2D eigenvalue weighted by Gasteiger charge is -2.09. The summed E-state index contributed by atoms with van der Waals surface area (Å²) in [7, 11) is 0. The van der Waals surface area contributed by atoms with E-state index < -0.39 is 0 Å². The zero-order chi connectivity index (χ0) is 9.97. The summed E-state index contributed by atoms with van der Waals surface area (Å²) in [4.78, 5) is 0. The lowest BCUT2D eigenvalue weighted by atomic mass is 10.0. The molecule has 1 aromatic carbocycles. The highest BCUT2D eigenvalue weighted by Gasteiger charge is 2.15. The van der Waals surface area contributed by atoms with E-state index in [2.05, 4.69) is 18.2 Å². The maximum Gasteiger partial charge on any atom is 0.125 e. The lowest BCUT2D eigenvalue weighted by Crippen LogP contribution is -2.15. The lowest BCUT2D eigenvalue weighted by molar-refractivity contribution is 0.353. The molecular formula is C12H17NO. The van der Waals surface area contributed by atoms with Crippen LogP contribution in [0, 0.1) is 0 Å². The van der Waals surface area contributed by atoms with Crippen molar-refractivity contribution in [3.8, 4) is 5.75 Å². The van der Waals surface area contributed by atoms with Crippen molar-refractivity contribution in [2.45, 2.75) is 32.2 Å². The molecule has 1 atom stereocenters. The quantitative estimate of drug-likeness (QED) is 0.792. The third kappa shape index (κ3) is 1.90. The van der Waals surface area contributed by atoms with E-state index in [0.29, 0.717) is 0 Å². The Morgan fingerprint density at radius 1 is 1.50 bits per heavy atom. The number of ether oxygens (including phenoxy) is 1. The zero-order valence-electron chi connectivity index (χ0n) is 8.62. The van der Waals surface area contributed by atoms with Crippen LogP contribution >= 0.6 is 0 Å². The fourth-order valence-electron chi connectivity index (χ4n) is 1.86. The van der Waals surface area contributed by atoms with Gasteiger partial charge in [-0.05, 0) is 30.9 Å². The van der Waals surface area contributed by atoms with Gasteiger partial charge < -0.3 is 10.5 Å². The fourth-order valence-corrected chi connectivity index (χ4v) is 1.86. The van der Waals surface area contributed by atoms with Gasteiger partial charge in [0.2, 0.25) is 0 Å². The number of benzene rings is 1. The van der Waals surface area contributed by atoms with Crippen LogP contribution in [0.15, 0.2) is 18.2 Å². The second-order valence-electron chi connectivity index (χ2n) is 4.02. The van der Waals surface area contributed by atoms with E-state index in [1.165, 1.54) is 11.1 Å². The van der Waals surface area contributed by atoms with E-state index in [1.807, 2.05) is 6.92 Å². The molecule has 2 nitrogen and oxygen atoms in total. The first-order valence-corrected chi connectivity index (χ1v) is 5.26. The number of aryl methyl sites for hydroxylation is 1. The standard InChI is InChI=1S/C12H17NO/c1-9(13)5-6-10-3-2-4-11-7-8-14-12(10)11/h2-4,9H,5-8,13H2,1H3. The van der Waals surface area contributed by atoms with E-state index >= 15 is 0 Å². The summed E-state index contributed by atoms with van der Waals surface area (Å²) in [5.74, 6) is 1.12. The molecule has 0 saturated heterocycles. The third-order valence-electron chi connectivity index (χ3n) is 2.66. The molecule has 0 amide bonds. The molecule has 0 spiro atoms. The topological polar surface area (TPSA) is 35.2 Å². The molecule has 0 fully saturated rings. The van der Waals surface area contributed by atoms with E-state index in [-0.39, 0.29) is 6.04 Å². The minimum atomic E-state index is 0.271. The van der Waals surface area contributed by atoms with Crippen molar-refractivity contribution in [1.29, 1.82) is 0 Å². The van der Waals surface area contributed by atoms with Crippen LogP contribution in [0.1, 0.15) is 24.5 Å². The number of para-hydroxylation sites is 1. The Kier molecular flexibility index (Phi) is 2.73. The molecule has 1 unspecified atom stereocenters. The van der Waals surface area contributed by atoms with Crippen LogP contribution in [0.4, 0.5) is 0 Å². The first-order valence-electron chi connectivity index (χ1n) is 5.26. The number of fused-ring (bicyclic) bond motifs is 1. The van der Waals surface area contributed by atoms with E-state index in [4.69, 9.17) is 10.5 Å². The normalized spacial score (nSPS) is 16.1. The van der Waals surface area contributed by atoms with Gasteiger partial charge in [0.15, 0.2) is 0 Å². The monoisotopic (exact) mass is 191 g/mol. The van der Waals surface area contributed by atoms with Crippen molar-refractivity contribution in [3.63, 3.8) is 0 Å². The summed E-state index contributed by atoms with van der Waals surface area (Å²) >= 11 is 0. The molecule has 2 rings (SSSR count). The molecule has 2 heteroatoms. The number of rotatable bonds is 3. The molecule has 0 saturated carbocycles. The van der Waals surface area contributed by atoms with Crippen molar-refractivity contribution in [2.75, 3.05) is 6.61 Å². The summed E-state index contributed by atoms with van der Waals surface area (Å²) in [5, 5.41) is 0. The number of hydrogen-bond donors (Lipinski definition) is 1. The van der Waals surface area contributed by atoms with Gasteiger partial charge in [0, 0.05) is 12.5 Å². The zero-order valence-corrected chi connectivity index (χ0v) is 8.62. The summed E-state index contributed by atoms with van der Waals surface area (Å²) in [6, 6.07) is 6.68. The van der Waals surface area contributed by atoms with E-state index in [0.717, 1.165) is 31.6 Å². The molecule has 14 heavy (non-hydrogen) atoms. The van der Waals surface area contributed by atoms with Crippen LogP contribution in [-0.4, -0.2) is 12.6 Å². The van der Waals surface area contributed by atoms with Crippen molar-refractivity contribution in [3.05, 3.63) is 29.3 Å². The fraction of sp³-hybridized carbons (Fsp3) is 0.500.